The van der Waals surface area contributed by atoms with E-state index in [0.717, 1.165) is 0 Å². The van der Waals surface area contributed by atoms with E-state index in [1.165, 1.54) is 0 Å². The summed E-state index contributed by atoms with van der Waals surface area (Å²) in [6, 6.07) is 3.47. The van der Waals surface area contributed by atoms with Gasteiger partial charge in [0.25, 0.3) is 0 Å². The maximum absolute atomic E-state index is 8.59. The second kappa shape index (κ2) is 6.13. The summed E-state index contributed by atoms with van der Waals surface area (Å²) in [6.45, 7) is 3.95. The smallest absolute Gasteiger partial charge is 0.134 e. The molecular formula is C8H12ClNO. The molecule has 0 bridgehead atoms. The first kappa shape index (κ1) is 10.4. The van der Waals surface area contributed by atoms with Crippen molar-refractivity contribution in [1.29, 1.82) is 0 Å². The van der Waals surface area contributed by atoms with Gasteiger partial charge in [0.15, 0.2) is 0 Å². The van der Waals surface area contributed by atoms with Crippen molar-refractivity contribution in [3.8, 4) is 0 Å². The molecule has 0 radical (unpaired) electrons. The summed E-state index contributed by atoms with van der Waals surface area (Å²) >= 11 is 5.55. The molecule has 2 nitrogen and oxygen atoms in total. The lowest BCUT2D eigenvalue weighted by Gasteiger charge is -1.94. The molecule has 0 atom stereocenters. The van der Waals surface area contributed by atoms with Crippen LogP contribution in [0, 0.1) is 0 Å². The van der Waals surface area contributed by atoms with Crippen molar-refractivity contribution >= 4 is 11.6 Å². The van der Waals surface area contributed by atoms with Crippen LogP contribution in [0.5, 0.6) is 0 Å². The van der Waals surface area contributed by atoms with Crippen LogP contribution in [0.4, 0.5) is 0 Å². The molecule has 62 valence electrons. The summed E-state index contributed by atoms with van der Waals surface area (Å²) in [5, 5.41) is 8.97. The third-order valence-electron chi connectivity index (χ3n) is 1.01. The number of hydrogen-bond acceptors (Lipinski definition) is 2. The molecule has 0 unspecified atom stereocenters. The number of nitrogens with zero attached hydrogens (tertiary/aromatic N) is 1. The highest BCUT2D eigenvalue weighted by Gasteiger charge is 1.94. The van der Waals surface area contributed by atoms with E-state index < -0.39 is 0 Å². The quantitative estimate of drug-likeness (QED) is 0.661. The SMILES string of the molecule is CC.OCc1cccnc1Cl. The van der Waals surface area contributed by atoms with Crippen LogP contribution in [-0.2, 0) is 6.61 Å². The van der Waals surface area contributed by atoms with Gasteiger partial charge < -0.3 is 5.11 Å². The predicted octanol–water partition coefficient (Wildman–Crippen LogP) is 2.25. The zero-order valence-electron chi connectivity index (χ0n) is 6.71. The molecule has 0 saturated heterocycles. The predicted molar refractivity (Wildman–Crippen MR) is 46.5 cm³/mol. The van der Waals surface area contributed by atoms with Crippen LogP contribution in [-0.4, -0.2) is 10.1 Å². The second-order valence-corrected chi connectivity index (χ2v) is 1.97. The normalized spacial score (nSPS) is 8.36. The molecule has 3 heteroatoms. The van der Waals surface area contributed by atoms with Gasteiger partial charge in [0.2, 0.25) is 0 Å². The zero-order valence-corrected chi connectivity index (χ0v) is 7.47. The first-order valence-corrected chi connectivity index (χ1v) is 3.92. The van der Waals surface area contributed by atoms with Crippen LogP contribution in [0.2, 0.25) is 5.15 Å². The van der Waals surface area contributed by atoms with E-state index >= 15 is 0 Å². The molecule has 1 rings (SSSR count). The van der Waals surface area contributed by atoms with Gasteiger partial charge in [0.05, 0.1) is 6.61 Å². The Labute approximate surface area is 71.8 Å². The molecule has 1 heterocycles. The Hall–Kier alpha value is -0.600. The fourth-order valence-corrected chi connectivity index (χ4v) is 0.716. The van der Waals surface area contributed by atoms with Crippen molar-refractivity contribution < 1.29 is 5.11 Å². The fraction of sp³-hybridized carbons (Fsp3) is 0.375. The second-order valence-electron chi connectivity index (χ2n) is 1.61. The van der Waals surface area contributed by atoms with E-state index in [-0.39, 0.29) is 6.61 Å². The van der Waals surface area contributed by atoms with E-state index in [0.29, 0.717) is 10.7 Å². The number of rotatable bonds is 1. The fourth-order valence-electron chi connectivity index (χ4n) is 0.537. The van der Waals surface area contributed by atoms with Crippen LogP contribution in [0.1, 0.15) is 19.4 Å². The van der Waals surface area contributed by atoms with Gasteiger partial charge in [-0.2, -0.15) is 0 Å². The molecule has 0 spiro atoms. The highest BCUT2D eigenvalue weighted by atomic mass is 35.5. The molecule has 11 heavy (non-hydrogen) atoms. The number of halogens is 1. The Bertz CT molecular complexity index is 203. The summed E-state index contributed by atoms with van der Waals surface area (Å²) in [4.78, 5) is 3.76. The first-order valence-electron chi connectivity index (χ1n) is 3.55. The van der Waals surface area contributed by atoms with Crippen molar-refractivity contribution in [2.45, 2.75) is 20.5 Å². The molecule has 1 N–H and O–H groups in total. The van der Waals surface area contributed by atoms with Crippen LogP contribution in [0.25, 0.3) is 0 Å². The molecule has 0 aliphatic carbocycles. The Morgan fingerprint density at radius 1 is 1.55 bits per heavy atom. The Morgan fingerprint density at radius 2 is 2.18 bits per heavy atom. The van der Waals surface area contributed by atoms with Crippen molar-refractivity contribution in [3.63, 3.8) is 0 Å². The van der Waals surface area contributed by atoms with E-state index in [1.807, 2.05) is 13.8 Å². The molecule has 0 fully saturated rings. The highest BCUT2D eigenvalue weighted by molar-refractivity contribution is 6.30. The largest absolute Gasteiger partial charge is 0.392 e. The van der Waals surface area contributed by atoms with Gasteiger partial charge in [-0.05, 0) is 6.07 Å². The summed E-state index contributed by atoms with van der Waals surface area (Å²) in [5.41, 5.74) is 0.666. The molecule has 1 aromatic rings. The van der Waals surface area contributed by atoms with Crippen LogP contribution in [0.3, 0.4) is 0 Å². The van der Waals surface area contributed by atoms with Crippen molar-refractivity contribution in [1.82, 2.24) is 4.98 Å². The average Bonchev–Trinajstić information content (AvgIpc) is 2.09. The number of aliphatic hydroxyl groups excluding tert-OH is 1. The van der Waals surface area contributed by atoms with E-state index in [2.05, 4.69) is 4.98 Å². The zero-order chi connectivity index (χ0) is 8.69. The number of hydrogen-bond donors (Lipinski definition) is 1. The minimum absolute atomic E-state index is 0.0489. The minimum atomic E-state index is -0.0489. The van der Waals surface area contributed by atoms with Gasteiger partial charge in [0, 0.05) is 11.8 Å². The third kappa shape index (κ3) is 3.35. The molecule has 0 saturated carbocycles. The monoisotopic (exact) mass is 173 g/mol. The third-order valence-corrected chi connectivity index (χ3v) is 1.35. The molecule has 0 aromatic carbocycles. The van der Waals surface area contributed by atoms with E-state index in [4.69, 9.17) is 16.7 Å². The van der Waals surface area contributed by atoms with Gasteiger partial charge in [-0.25, -0.2) is 4.98 Å². The summed E-state index contributed by atoms with van der Waals surface area (Å²) in [5.74, 6) is 0. The Balaban J connectivity index is 0.000000461. The van der Waals surface area contributed by atoms with Crippen molar-refractivity contribution in [3.05, 3.63) is 29.0 Å². The van der Waals surface area contributed by atoms with Gasteiger partial charge in [0.1, 0.15) is 5.15 Å². The number of aromatic nitrogens is 1. The van der Waals surface area contributed by atoms with Crippen LogP contribution >= 0.6 is 11.6 Å². The summed E-state index contributed by atoms with van der Waals surface area (Å²) in [7, 11) is 0. The molecule has 1 aromatic heterocycles. The number of pyridine rings is 1. The highest BCUT2D eigenvalue weighted by Crippen LogP contribution is 2.09. The van der Waals surface area contributed by atoms with Gasteiger partial charge in [-0.3, -0.25) is 0 Å². The van der Waals surface area contributed by atoms with Gasteiger partial charge in [-0.15, -0.1) is 0 Å². The van der Waals surface area contributed by atoms with E-state index in [9.17, 15) is 0 Å². The van der Waals surface area contributed by atoms with Crippen molar-refractivity contribution in [2.75, 3.05) is 0 Å². The lowest BCUT2D eigenvalue weighted by Crippen LogP contribution is -1.85. The average molecular weight is 174 g/mol. The molecule has 0 aliphatic rings. The molecule has 0 amide bonds. The summed E-state index contributed by atoms with van der Waals surface area (Å²) < 4.78 is 0. The Kier molecular flexibility index (Phi) is 5.80. The lowest BCUT2D eigenvalue weighted by atomic mass is 10.3. The van der Waals surface area contributed by atoms with Crippen LogP contribution in [0.15, 0.2) is 18.3 Å². The van der Waals surface area contributed by atoms with Gasteiger partial charge >= 0.3 is 0 Å². The minimum Gasteiger partial charge on any atom is -0.392 e. The first-order chi connectivity index (χ1) is 5.34. The van der Waals surface area contributed by atoms with Crippen molar-refractivity contribution in [2.24, 2.45) is 0 Å². The summed E-state index contributed by atoms with van der Waals surface area (Å²) in [6.07, 6.45) is 1.58. The topological polar surface area (TPSA) is 33.1 Å². The molecule has 0 aliphatic heterocycles. The van der Waals surface area contributed by atoms with Crippen LogP contribution < -0.4 is 0 Å². The maximum Gasteiger partial charge on any atom is 0.134 e. The van der Waals surface area contributed by atoms with Gasteiger partial charge in [-0.1, -0.05) is 31.5 Å². The standard InChI is InChI=1S/C6H6ClNO.C2H6/c7-6-5(4-9)2-1-3-8-6;1-2/h1-3,9H,4H2;1-2H3. The molecular weight excluding hydrogens is 162 g/mol. The van der Waals surface area contributed by atoms with E-state index in [1.54, 1.807) is 18.3 Å². The Morgan fingerprint density at radius 3 is 2.55 bits per heavy atom. The number of aliphatic hydroxyl groups is 1. The maximum atomic E-state index is 8.59. The lowest BCUT2D eigenvalue weighted by molar-refractivity contribution is 0.281.